The molecule has 5 saturated carbocycles. The lowest BCUT2D eigenvalue weighted by molar-refractivity contribution is 0.0618. The lowest BCUT2D eigenvalue weighted by Gasteiger charge is -2.53. The first-order valence-corrected chi connectivity index (χ1v) is 21.2. The van der Waals surface area contributed by atoms with Crippen LogP contribution in [0.2, 0.25) is 0 Å². The van der Waals surface area contributed by atoms with Crippen molar-refractivity contribution in [3.63, 3.8) is 0 Å². The summed E-state index contributed by atoms with van der Waals surface area (Å²) in [7, 11) is 0. The molecule has 54 heavy (non-hydrogen) atoms. The molecule has 4 bridgehead atoms. The summed E-state index contributed by atoms with van der Waals surface area (Å²) in [5.41, 5.74) is 18.9. The number of rotatable bonds is 4. The Balaban J connectivity index is 1.06. The van der Waals surface area contributed by atoms with Crippen LogP contribution in [0.25, 0.3) is 33.4 Å². The molecule has 0 saturated heterocycles. The number of benzene rings is 6. The van der Waals surface area contributed by atoms with Gasteiger partial charge in [-0.1, -0.05) is 129 Å². The van der Waals surface area contributed by atoms with Gasteiger partial charge in [0.1, 0.15) is 0 Å². The predicted molar refractivity (Wildman–Crippen MR) is 224 cm³/mol. The molecule has 0 amide bonds. The van der Waals surface area contributed by atoms with E-state index in [9.17, 15) is 0 Å². The fraction of sp³-hybridized carbons (Fsp3) is 0.321. The Kier molecular flexibility index (Phi) is 6.88. The zero-order chi connectivity index (χ0) is 35.4. The number of nitrogens with zero attached hydrogens (tertiary/aromatic N) is 1. The van der Waals surface area contributed by atoms with E-state index < -0.39 is 0 Å². The summed E-state index contributed by atoms with van der Waals surface area (Å²) in [6.45, 7) is 0. The Labute approximate surface area is 321 Å². The van der Waals surface area contributed by atoms with Crippen LogP contribution in [0, 0.1) is 23.7 Å². The van der Waals surface area contributed by atoms with Gasteiger partial charge in [-0.2, -0.15) is 0 Å². The minimum atomic E-state index is 0.116. The van der Waals surface area contributed by atoms with Crippen LogP contribution < -0.4 is 4.90 Å². The molecule has 0 N–H and O–H groups in total. The van der Waals surface area contributed by atoms with Gasteiger partial charge in [-0.15, -0.1) is 0 Å². The molecular formula is C53H49N. The fourth-order valence-electron chi connectivity index (χ4n) is 13.6. The summed E-state index contributed by atoms with van der Waals surface area (Å²) in [4.78, 5) is 2.61. The molecule has 0 aromatic heterocycles. The smallest absolute Gasteiger partial charge is 0.0465 e. The summed E-state index contributed by atoms with van der Waals surface area (Å²) in [5.74, 6) is 3.31. The van der Waals surface area contributed by atoms with Crippen LogP contribution in [0.5, 0.6) is 0 Å². The standard InChI is InChI=1S/C53H49N/c1-3-11-37(12-4-1)38-18-21-41(22-19-38)54(42-23-25-46-44-13-5-7-15-48(44)52(50(46)33-42)27-9-2-10-28-52)43-24-26-47-45-14-6-8-16-49(45)53(51(47)34-43)39-20-17-35-29-36(31-39)32-40(53)30-35/h1,3-8,11-16,18-19,21-26,33-36,39-40H,2,9-10,17,20,27-32H2. The fourth-order valence-corrected chi connectivity index (χ4v) is 13.6. The van der Waals surface area contributed by atoms with Crippen molar-refractivity contribution in [1.29, 1.82) is 0 Å². The van der Waals surface area contributed by atoms with Gasteiger partial charge in [-0.25, -0.2) is 0 Å². The van der Waals surface area contributed by atoms with Crippen LogP contribution in [-0.4, -0.2) is 0 Å². The molecule has 0 heterocycles. The van der Waals surface area contributed by atoms with E-state index >= 15 is 0 Å². The maximum atomic E-state index is 2.68. The normalized spacial score (nSPS) is 26.3. The van der Waals surface area contributed by atoms with E-state index in [4.69, 9.17) is 0 Å². The van der Waals surface area contributed by atoms with E-state index in [0.29, 0.717) is 0 Å². The van der Waals surface area contributed by atoms with Crippen molar-refractivity contribution >= 4 is 17.1 Å². The molecule has 13 rings (SSSR count). The van der Waals surface area contributed by atoms with E-state index in [0.717, 1.165) is 23.7 Å². The Hall–Kier alpha value is -4.88. The number of hydrogen-bond donors (Lipinski definition) is 0. The first kappa shape index (κ1) is 31.5. The number of anilines is 3. The van der Waals surface area contributed by atoms with Crippen LogP contribution in [-0.2, 0) is 10.8 Å². The molecule has 2 spiro atoms. The Bertz CT molecular complexity index is 2400. The molecule has 6 aromatic rings. The van der Waals surface area contributed by atoms with Crippen LogP contribution in [0.3, 0.4) is 0 Å². The van der Waals surface area contributed by atoms with Crippen LogP contribution in [0.15, 0.2) is 140 Å². The second-order valence-corrected chi connectivity index (χ2v) is 18.0. The van der Waals surface area contributed by atoms with Crippen LogP contribution in [0.4, 0.5) is 17.1 Å². The zero-order valence-corrected chi connectivity index (χ0v) is 31.3. The van der Waals surface area contributed by atoms with Crippen molar-refractivity contribution in [3.05, 3.63) is 162 Å². The van der Waals surface area contributed by atoms with E-state index in [1.54, 1.807) is 22.3 Å². The summed E-state index contributed by atoms with van der Waals surface area (Å²) >= 11 is 0. The third kappa shape index (κ3) is 4.33. The van der Waals surface area contributed by atoms with Gasteiger partial charge in [0.15, 0.2) is 0 Å². The average Bonchev–Trinajstić information content (AvgIpc) is 3.55. The largest absolute Gasteiger partial charge is 0.310 e. The Morgan fingerprint density at radius 1 is 0.407 bits per heavy atom. The summed E-state index contributed by atoms with van der Waals surface area (Å²) < 4.78 is 0. The first-order valence-electron chi connectivity index (χ1n) is 21.2. The van der Waals surface area contributed by atoms with Crippen molar-refractivity contribution < 1.29 is 0 Å². The highest BCUT2D eigenvalue weighted by Gasteiger charge is 2.59. The molecule has 1 heteroatoms. The molecular weight excluding hydrogens is 651 g/mol. The second-order valence-electron chi connectivity index (χ2n) is 18.0. The van der Waals surface area contributed by atoms with Gasteiger partial charge in [0.2, 0.25) is 0 Å². The van der Waals surface area contributed by atoms with Crippen molar-refractivity contribution in [2.45, 2.75) is 81.5 Å². The quantitative estimate of drug-likeness (QED) is 0.177. The second kappa shape index (κ2) is 11.8. The molecule has 5 atom stereocenters. The van der Waals surface area contributed by atoms with Gasteiger partial charge in [0.05, 0.1) is 0 Å². The van der Waals surface area contributed by atoms with Gasteiger partial charge in [0.25, 0.3) is 0 Å². The minimum absolute atomic E-state index is 0.116. The molecule has 7 aliphatic carbocycles. The van der Waals surface area contributed by atoms with Crippen molar-refractivity contribution in [2.24, 2.45) is 23.7 Å². The highest BCUT2D eigenvalue weighted by atomic mass is 15.1. The number of fused-ring (bicyclic) bond motifs is 9. The summed E-state index contributed by atoms with van der Waals surface area (Å²) in [6, 6.07) is 54.3. The Morgan fingerprint density at radius 2 is 0.981 bits per heavy atom. The van der Waals surface area contributed by atoms with Gasteiger partial charge < -0.3 is 4.90 Å². The third-order valence-corrected chi connectivity index (χ3v) is 15.6. The highest BCUT2D eigenvalue weighted by Crippen LogP contribution is 2.68. The van der Waals surface area contributed by atoms with Gasteiger partial charge in [-0.05, 0) is 161 Å². The van der Waals surface area contributed by atoms with Crippen molar-refractivity contribution in [1.82, 2.24) is 0 Å². The van der Waals surface area contributed by atoms with E-state index in [2.05, 4.69) is 144 Å². The molecule has 0 aliphatic heterocycles. The molecule has 1 nitrogen and oxygen atoms in total. The molecule has 0 radical (unpaired) electrons. The van der Waals surface area contributed by atoms with Gasteiger partial charge >= 0.3 is 0 Å². The molecule has 7 aliphatic rings. The van der Waals surface area contributed by atoms with Crippen molar-refractivity contribution in [3.8, 4) is 33.4 Å². The minimum Gasteiger partial charge on any atom is -0.310 e. The maximum absolute atomic E-state index is 2.68. The van der Waals surface area contributed by atoms with Crippen molar-refractivity contribution in [2.75, 3.05) is 4.90 Å². The molecule has 6 aromatic carbocycles. The average molecular weight is 700 g/mol. The highest BCUT2D eigenvalue weighted by molar-refractivity contribution is 5.89. The monoisotopic (exact) mass is 699 g/mol. The van der Waals surface area contributed by atoms with Gasteiger partial charge in [-0.3, -0.25) is 0 Å². The lowest BCUT2D eigenvalue weighted by atomic mass is 9.51. The van der Waals surface area contributed by atoms with Crippen LogP contribution >= 0.6 is 0 Å². The summed E-state index contributed by atoms with van der Waals surface area (Å²) in [5, 5.41) is 0. The third-order valence-electron chi connectivity index (χ3n) is 15.6. The predicted octanol–water partition coefficient (Wildman–Crippen LogP) is 14.2. The van der Waals surface area contributed by atoms with E-state index in [1.807, 2.05) is 0 Å². The molecule has 266 valence electrons. The molecule has 5 unspecified atom stereocenters. The SMILES string of the molecule is c1ccc(-c2ccc(N(c3ccc4c(c3)C3(CCCCC3)c3ccccc3-4)c3ccc4c(c3)C3(c5ccccc5-4)C4CCC5CC(C4)CC3C5)cc2)cc1. The maximum Gasteiger partial charge on any atom is 0.0465 e. The first-order chi connectivity index (χ1) is 26.7. The van der Waals surface area contributed by atoms with E-state index in [-0.39, 0.29) is 10.8 Å². The lowest BCUT2D eigenvalue weighted by Crippen LogP contribution is -2.48. The van der Waals surface area contributed by atoms with Gasteiger partial charge in [0, 0.05) is 27.9 Å². The topological polar surface area (TPSA) is 3.24 Å². The zero-order valence-electron chi connectivity index (χ0n) is 31.3. The summed E-state index contributed by atoms with van der Waals surface area (Å²) in [6.07, 6.45) is 15.0. The molecule has 5 fully saturated rings. The van der Waals surface area contributed by atoms with E-state index in [1.165, 1.54) is 121 Å². The Morgan fingerprint density at radius 3 is 1.76 bits per heavy atom. The number of hydrogen-bond acceptors (Lipinski definition) is 1. The van der Waals surface area contributed by atoms with Crippen LogP contribution in [0.1, 0.15) is 92.9 Å².